The molecule has 0 aliphatic carbocycles. The zero-order chi connectivity index (χ0) is 11.5. The van der Waals surface area contributed by atoms with Crippen LogP contribution in [-0.2, 0) is 0 Å². The minimum atomic E-state index is -1.44. The molecule has 2 aliphatic heterocycles. The summed E-state index contributed by atoms with van der Waals surface area (Å²) in [6.07, 6.45) is 2.44. The summed E-state index contributed by atoms with van der Waals surface area (Å²) in [6, 6.07) is 0. The van der Waals surface area contributed by atoms with Crippen LogP contribution in [0.2, 0.25) is 0 Å². The summed E-state index contributed by atoms with van der Waals surface area (Å²) in [6.45, 7) is 7.62. The minimum absolute atomic E-state index is 0.0960. The fraction of sp³-hybridized carbons (Fsp3) is 0.833. The topological polar surface area (TPSA) is 3.24 Å². The molecule has 1 nitrogen and oxygen atoms in total. The standard InChI is InChI=1S/C10H15F2N.C2H6/c1-2-10-4-3-5-13(10)7-8(6-10)9(11)12;1-2/h2-7H2,1H3;1-2H3/t10-;/m1./s1. The van der Waals surface area contributed by atoms with Gasteiger partial charge in [-0.05, 0) is 32.2 Å². The van der Waals surface area contributed by atoms with Crippen LogP contribution < -0.4 is 0 Å². The predicted molar refractivity (Wildman–Crippen MR) is 59.0 cm³/mol. The first-order valence-corrected chi connectivity index (χ1v) is 5.96. The van der Waals surface area contributed by atoms with Crippen LogP contribution in [0.15, 0.2) is 11.7 Å². The summed E-state index contributed by atoms with van der Waals surface area (Å²) in [5.74, 6) is 0. The van der Waals surface area contributed by atoms with Gasteiger partial charge in [0.05, 0.1) is 0 Å². The molecule has 0 radical (unpaired) electrons. The highest BCUT2D eigenvalue weighted by Gasteiger charge is 2.45. The van der Waals surface area contributed by atoms with Crippen LogP contribution in [0.25, 0.3) is 0 Å². The zero-order valence-electron chi connectivity index (χ0n) is 9.95. The van der Waals surface area contributed by atoms with E-state index in [1.54, 1.807) is 0 Å². The second-order valence-corrected chi connectivity index (χ2v) is 4.14. The highest BCUT2D eigenvalue weighted by Crippen LogP contribution is 2.44. The van der Waals surface area contributed by atoms with Crippen molar-refractivity contribution >= 4 is 0 Å². The summed E-state index contributed by atoms with van der Waals surface area (Å²) in [5, 5.41) is 0. The van der Waals surface area contributed by atoms with Crippen molar-refractivity contribution in [1.29, 1.82) is 0 Å². The third-order valence-electron chi connectivity index (χ3n) is 3.59. The molecule has 2 aliphatic rings. The summed E-state index contributed by atoms with van der Waals surface area (Å²) in [7, 11) is 0. The molecule has 0 N–H and O–H groups in total. The molecule has 0 amide bonds. The van der Waals surface area contributed by atoms with Crippen molar-refractivity contribution in [2.24, 2.45) is 0 Å². The molecule has 0 unspecified atom stereocenters. The smallest absolute Gasteiger partial charge is 0.270 e. The number of nitrogens with zero attached hydrogens (tertiary/aromatic N) is 1. The first-order chi connectivity index (χ1) is 7.18. The van der Waals surface area contributed by atoms with Gasteiger partial charge in [-0.1, -0.05) is 20.8 Å². The predicted octanol–water partition coefficient (Wildman–Crippen LogP) is 3.81. The minimum Gasteiger partial charge on any atom is -0.293 e. The van der Waals surface area contributed by atoms with Crippen LogP contribution in [0.1, 0.15) is 46.5 Å². The van der Waals surface area contributed by atoms with Crippen molar-refractivity contribution in [3.05, 3.63) is 11.7 Å². The maximum absolute atomic E-state index is 12.4. The van der Waals surface area contributed by atoms with Gasteiger partial charge in [-0.25, -0.2) is 0 Å². The Hall–Kier alpha value is -0.440. The van der Waals surface area contributed by atoms with Gasteiger partial charge in [-0.15, -0.1) is 0 Å². The maximum Gasteiger partial charge on any atom is 0.270 e. The Labute approximate surface area is 91.1 Å². The van der Waals surface area contributed by atoms with Crippen molar-refractivity contribution in [1.82, 2.24) is 4.90 Å². The third kappa shape index (κ3) is 2.22. The van der Waals surface area contributed by atoms with E-state index < -0.39 is 6.08 Å². The molecule has 2 heterocycles. The number of hydrogen-bond acceptors (Lipinski definition) is 1. The van der Waals surface area contributed by atoms with Gasteiger partial charge in [0.1, 0.15) is 0 Å². The van der Waals surface area contributed by atoms with Gasteiger partial charge >= 0.3 is 0 Å². The lowest BCUT2D eigenvalue weighted by atomic mass is 9.90. The average molecular weight is 217 g/mol. The monoisotopic (exact) mass is 217 g/mol. The normalized spacial score (nSPS) is 29.8. The van der Waals surface area contributed by atoms with Crippen LogP contribution in [0.5, 0.6) is 0 Å². The van der Waals surface area contributed by atoms with Gasteiger partial charge in [0.25, 0.3) is 6.08 Å². The molecule has 2 rings (SSSR count). The first-order valence-electron chi connectivity index (χ1n) is 5.96. The van der Waals surface area contributed by atoms with E-state index >= 15 is 0 Å². The fourth-order valence-electron chi connectivity index (χ4n) is 2.78. The second kappa shape index (κ2) is 5.06. The number of halogens is 2. The number of fused-ring (bicyclic) bond motifs is 1. The highest BCUT2D eigenvalue weighted by atomic mass is 19.3. The van der Waals surface area contributed by atoms with Gasteiger partial charge in [0.15, 0.2) is 0 Å². The molecule has 1 atom stereocenters. The molecule has 15 heavy (non-hydrogen) atoms. The maximum atomic E-state index is 12.4. The molecule has 2 fully saturated rings. The highest BCUT2D eigenvalue weighted by molar-refractivity contribution is 5.20. The van der Waals surface area contributed by atoms with E-state index in [0.717, 1.165) is 19.4 Å². The van der Waals surface area contributed by atoms with E-state index in [-0.39, 0.29) is 5.54 Å². The molecular weight excluding hydrogens is 196 g/mol. The number of hydrogen-bond donors (Lipinski definition) is 0. The lowest BCUT2D eigenvalue weighted by Crippen LogP contribution is -2.37. The molecule has 0 aromatic carbocycles. The van der Waals surface area contributed by atoms with Crippen molar-refractivity contribution < 1.29 is 8.78 Å². The van der Waals surface area contributed by atoms with Crippen LogP contribution in [0.3, 0.4) is 0 Å². The van der Waals surface area contributed by atoms with E-state index in [1.165, 1.54) is 6.42 Å². The van der Waals surface area contributed by atoms with Gasteiger partial charge in [0, 0.05) is 17.7 Å². The molecule has 0 aromatic heterocycles. The van der Waals surface area contributed by atoms with Crippen LogP contribution in [-0.4, -0.2) is 23.5 Å². The third-order valence-corrected chi connectivity index (χ3v) is 3.59. The van der Waals surface area contributed by atoms with E-state index in [2.05, 4.69) is 11.8 Å². The van der Waals surface area contributed by atoms with Crippen molar-refractivity contribution in [3.63, 3.8) is 0 Å². The summed E-state index contributed by atoms with van der Waals surface area (Å²) in [5.41, 5.74) is 0.472. The lowest BCUT2D eigenvalue weighted by molar-refractivity contribution is 0.189. The Morgan fingerprint density at radius 2 is 2.07 bits per heavy atom. The molecule has 3 heteroatoms. The Morgan fingerprint density at radius 3 is 2.53 bits per heavy atom. The molecular formula is C12H21F2N. The first kappa shape index (κ1) is 12.6. The molecule has 2 saturated heterocycles. The lowest BCUT2D eigenvalue weighted by Gasteiger charge is -2.29. The van der Waals surface area contributed by atoms with E-state index in [1.807, 2.05) is 13.8 Å². The van der Waals surface area contributed by atoms with E-state index in [4.69, 9.17) is 0 Å². The molecule has 0 bridgehead atoms. The van der Waals surface area contributed by atoms with Crippen LogP contribution >= 0.6 is 0 Å². The Balaban J connectivity index is 0.000000531. The molecule has 0 aromatic rings. The second-order valence-electron chi connectivity index (χ2n) is 4.14. The van der Waals surface area contributed by atoms with Crippen LogP contribution in [0.4, 0.5) is 8.78 Å². The average Bonchev–Trinajstić information content (AvgIpc) is 2.76. The number of rotatable bonds is 1. The summed E-state index contributed by atoms with van der Waals surface area (Å²) >= 11 is 0. The van der Waals surface area contributed by atoms with Gasteiger partial charge in [-0.2, -0.15) is 8.78 Å². The SMILES string of the molecule is CC.CC[C@]12CCCN1CC(=C(F)F)C2. The molecule has 0 spiro atoms. The van der Waals surface area contributed by atoms with Gasteiger partial charge < -0.3 is 0 Å². The Bertz CT molecular complexity index is 246. The van der Waals surface area contributed by atoms with Gasteiger partial charge in [0.2, 0.25) is 0 Å². The fourth-order valence-corrected chi connectivity index (χ4v) is 2.78. The quantitative estimate of drug-likeness (QED) is 0.645. The van der Waals surface area contributed by atoms with Crippen molar-refractivity contribution in [2.45, 2.75) is 52.0 Å². The Morgan fingerprint density at radius 1 is 1.40 bits per heavy atom. The van der Waals surface area contributed by atoms with Crippen molar-refractivity contribution in [3.8, 4) is 0 Å². The van der Waals surface area contributed by atoms with E-state index in [0.29, 0.717) is 18.5 Å². The molecule has 0 saturated carbocycles. The van der Waals surface area contributed by atoms with Gasteiger partial charge in [-0.3, -0.25) is 4.90 Å². The Kier molecular flexibility index (Phi) is 4.26. The van der Waals surface area contributed by atoms with Crippen LogP contribution in [0, 0.1) is 0 Å². The zero-order valence-corrected chi connectivity index (χ0v) is 9.95. The molecule has 88 valence electrons. The summed E-state index contributed by atoms with van der Waals surface area (Å²) < 4.78 is 24.8. The largest absolute Gasteiger partial charge is 0.293 e. The van der Waals surface area contributed by atoms with Crippen molar-refractivity contribution in [2.75, 3.05) is 13.1 Å². The van der Waals surface area contributed by atoms with E-state index in [9.17, 15) is 8.78 Å². The summed E-state index contributed by atoms with van der Waals surface area (Å²) in [4.78, 5) is 2.24.